The van der Waals surface area contributed by atoms with Gasteiger partial charge in [-0.15, -0.1) is 0 Å². The number of piperazine rings is 1. The summed E-state index contributed by atoms with van der Waals surface area (Å²) in [6, 6.07) is 22.7. The van der Waals surface area contributed by atoms with E-state index in [9.17, 15) is 13.2 Å². The fourth-order valence-electron chi connectivity index (χ4n) is 4.42. The first-order valence-electron chi connectivity index (χ1n) is 11.5. The van der Waals surface area contributed by atoms with Gasteiger partial charge < -0.3 is 5.32 Å². The highest BCUT2D eigenvalue weighted by atomic mass is 32.2. The van der Waals surface area contributed by atoms with Crippen LogP contribution in [0.15, 0.2) is 77.7 Å². The molecular weight excluding hydrogens is 446 g/mol. The lowest BCUT2D eigenvalue weighted by molar-refractivity contribution is -0.121. The fraction of sp³-hybridized carbons (Fsp3) is 0.296. The summed E-state index contributed by atoms with van der Waals surface area (Å²) in [7, 11) is -3.56. The molecule has 0 aromatic heterocycles. The molecule has 1 fully saturated rings. The molecule has 1 atom stereocenters. The third-order valence-corrected chi connectivity index (χ3v) is 8.48. The van der Waals surface area contributed by atoms with Gasteiger partial charge in [0.05, 0.1) is 10.9 Å². The maximum absolute atomic E-state index is 13.2. The highest BCUT2D eigenvalue weighted by Gasteiger charge is 2.32. The molecule has 1 N–H and O–H groups in total. The number of carbonyl (C=O) groups excluding carboxylic acids is 1. The van der Waals surface area contributed by atoms with Crippen molar-refractivity contribution in [1.29, 1.82) is 0 Å². The molecule has 0 aliphatic carbocycles. The third kappa shape index (κ3) is 5.06. The van der Waals surface area contributed by atoms with E-state index in [1.807, 2.05) is 92.4 Å². The van der Waals surface area contributed by atoms with Gasteiger partial charge in [0, 0.05) is 37.4 Å². The van der Waals surface area contributed by atoms with E-state index in [0.29, 0.717) is 31.1 Å². The Bertz CT molecular complexity index is 1270. The molecule has 6 nitrogen and oxygen atoms in total. The van der Waals surface area contributed by atoms with Crippen molar-refractivity contribution in [3.8, 4) is 11.1 Å². The number of hydrogen-bond donors (Lipinski definition) is 1. The molecule has 7 heteroatoms. The maximum Gasteiger partial charge on any atom is 0.243 e. The number of hydrogen-bond acceptors (Lipinski definition) is 4. The van der Waals surface area contributed by atoms with Crippen molar-refractivity contribution in [1.82, 2.24) is 9.21 Å². The van der Waals surface area contributed by atoms with Gasteiger partial charge in [-0.25, -0.2) is 8.42 Å². The van der Waals surface area contributed by atoms with Crippen LogP contribution in [0, 0.1) is 13.8 Å². The Hall–Kier alpha value is -3.00. The molecule has 1 unspecified atom stereocenters. The zero-order chi connectivity index (χ0) is 24.3. The van der Waals surface area contributed by atoms with Crippen LogP contribution in [0.5, 0.6) is 0 Å². The largest absolute Gasteiger partial charge is 0.324 e. The van der Waals surface area contributed by atoms with Gasteiger partial charge in [0.15, 0.2) is 0 Å². The standard InChI is InChI=1S/C27H31N3O3S/c1-20-13-14-26(21(2)19-20)34(32,33)30-17-15-29(16-18-30)22(3)27(31)28-25-12-8-7-11-24(25)23-9-5-4-6-10-23/h4-14,19,22H,15-18H2,1-3H3,(H,28,31). The summed E-state index contributed by atoms with van der Waals surface area (Å²) in [5, 5.41) is 3.07. The van der Waals surface area contributed by atoms with Crippen molar-refractivity contribution in [3.05, 3.63) is 83.9 Å². The number of nitrogens with one attached hydrogen (secondary N) is 1. The number of carbonyl (C=O) groups is 1. The van der Waals surface area contributed by atoms with E-state index >= 15 is 0 Å². The molecule has 1 amide bonds. The third-order valence-electron chi connectivity index (χ3n) is 6.42. The molecule has 4 rings (SSSR count). The van der Waals surface area contributed by atoms with Crippen molar-refractivity contribution in [2.24, 2.45) is 0 Å². The Kier molecular flexibility index (Phi) is 7.16. The molecule has 0 spiro atoms. The highest BCUT2D eigenvalue weighted by Crippen LogP contribution is 2.28. The minimum absolute atomic E-state index is 0.103. The summed E-state index contributed by atoms with van der Waals surface area (Å²) in [5.41, 5.74) is 4.56. The number of anilines is 1. The van der Waals surface area contributed by atoms with E-state index < -0.39 is 10.0 Å². The fourth-order valence-corrected chi connectivity index (χ4v) is 6.05. The Morgan fingerprint density at radius 2 is 1.53 bits per heavy atom. The van der Waals surface area contributed by atoms with Crippen molar-refractivity contribution in [3.63, 3.8) is 0 Å². The van der Waals surface area contributed by atoms with Gasteiger partial charge in [0.2, 0.25) is 15.9 Å². The first-order chi connectivity index (χ1) is 16.3. The van der Waals surface area contributed by atoms with Crippen LogP contribution in [-0.2, 0) is 14.8 Å². The molecule has 0 radical (unpaired) electrons. The number of nitrogens with zero attached hydrogens (tertiary/aromatic N) is 2. The zero-order valence-electron chi connectivity index (χ0n) is 19.9. The predicted octanol–water partition coefficient (Wildman–Crippen LogP) is 4.30. The quantitative estimate of drug-likeness (QED) is 0.575. The van der Waals surface area contributed by atoms with Gasteiger partial charge in [-0.2, -0.15) is 4.31 Å². The second-order valence-electron chi connectivity index (χ2n) is 8.79. The van der Waals surface area contributed by atoms with E-state index in [4.69, 9.17) is 0 Å². The molecule has 1 aliphatic heterocycles. The minimum Gasteiger partial charge on any atom is -0.324 e. The number of aryl methyl sites for hydroxylation is 2. The van der Waals surface area contributed by atoms with Crippen LogP contribution in [0.4, 0.5) is 5.69 Å². The van der Waals surface area contributed by atoms with Crippen LogP contribution < -0.4 is 5.32 Å². The molecule has 3 aromatic rings. The second kappa shape index (κ2) is 10.1. The Morgan fingerprint density at radius 3 is 2.21 bits per heavy atom. The Morgan fingerprint density at radius 1 is 0.882 bits per heavy atom. The molecule has 1 aliphatic rings. The van der Waals surface area contributed by atoms with Crippen LogP contribution in [0.25, 0.3) is 11.1 Å². The molecule has 0 bridgehead atoms. The van der Waals surface area contributed by atoms with Crippen LogP contribution in [0.3, 0.4) is 0 Å². The second-order valence-corrected chi connectivity index (χ2v) is 10.7. The van der Waals surface area contributed by atoms with E-state index in [0.717, 1.165) is 27.9 Å². The normalized spacial score (nSPS) is 16.2. The van der Waals surface area contributed by atoms with E-state index in [1.165, 1.54) is 4.31 Å². The molecule has 3 aromatic carbocycles. The Labute approximate surface area is 202 Å². The van der Waals surface area contributed by atoms with Crippen LogP contribution in [-0.4, -0.2) is 55.8 Å². The van der Waals surface area contributed by atoms with E-state index in [1.54, 1.807) is 6.07 Å². The van der Waals surface area contributed by atoms with Gasteiger partial charge >= 0.3 is 0 Å². The average Bonchev–Trinajstić information content (AvgIpc) is 2.84. The summed E-state index contributed by atoms with van der Waals surface area (Å²) >= 11 is 0. The van der Waals surface area contributed by atoms with Gasteiger partial charge in [-0.1, -0.05) is 66.2 Å². The molecule has 1 saturated heterocycles. The number of amides is 1. The number of para-hydroxylation sites is 1. The van der Waals surface area contributed by atoms with Crippen molar-refractivity contribution < 1.29 is 13.2 Å². The topological polar surface area (TPSA) is 69.7 Å². The van der Waals surface area contributed by atoms with Crippen molar-refractivity contribution in [2.75, 3.05) is 31.5 Å². The van der Waals surface area contributed by atoms with Gasteiger partial charge in [0.1, 0.15) is 0 Å². The first kappa shape index (κ1) is 24.1. The summed E-state index contributed by atoms with van der Waals surface area (Å²) in [4.78, 5) is 15.5. The summed E-state index contributed by atoms with van der Waals surface area (Å²) < 4.78 is 27.9. The minimum atomic E-state index is -3.56. The smallest absolute Gasteiger partial charge is 0.243 e. The zero-order valence-corrected chi connectivity index (χ0v) is 20.7. The lowest BCUT2D eigenvalue weighted by Crippen LogP contribution is -2.54. The van der Waals surface area contributed by atoms with Crippen LogP contribution in [0.2, 0.25) is 0 Å². The van der Waals surface area contributed by atoms with Crippen molar-refractivity contribution >= 4 is 21.6 Å². The van der Waals surface area contributed by atoms with Crippen molar-refractivity contribution in [2.45, 2.75) is 31.7 Å². The molecule has 178 valence electrons. The average molecular weight is 478 g/mol. The number of rotatable bonds is 6. The lowest BCUT2D eigenvalue weighted by atomic mass is 10.0. The summed E-state index contributed by atoms with van der Waals surface area (Å²) in [6.07, 6.45) is 0. The molecule has 1 heterocycles. The summed E-state index contributed by atoms with van der Waals surface area (Å²) in [5.74, 6) is -0.103. The molecule has 34 heavy (non-hydrogen) atoms. The van der Waals surface area contributed by atoms with Crippen LogP contribution in [0.1, 0.15) is 18.1 Å². The van der Waals surface area contributed by atoms with Gasteiger partial charge in [0.25, 0.3) is 0 Å². The number of benzene rings is 3. The lowest BCUT2D eigenvalue weighted by Gasteiger charge is -2.37. The molecule has 0 saturated carbocycles. The first-order valence-corrected chi connectivity index (χ1v) is 13.0. The summed E-state index contributed by atoms with van der Waals surface area (Å²) in [6.45, 7) is 7.36. The van der Waals surface area contributed by atoms with Gasteiger partial charge in [-0.3, -0.25) is 9.69 Å². The van der Waals surface area contributed by atoms with E-state index in [-0.39, 0.29) is 11.9 Å². The SMILES string of the molecule is Cc1ccc(S(=O)(=O)N2CCN(C(C)C(=O)Nc3ccccc3-c3ccccc3)CC2)c(C)c1. The monoisotopic (exact) mass is 477 g/mol. The molecular formula is C27H31N3O3S. The number of sulfonamides is 1. The predicted molar refractivity (Wildman–Crippen MR) is 136 cm³/mol. The van der Waals surface area contributed by atoms with Gasteiger partial charge in [-0.05, 0) is 44.0 Å². The Balaban J connectivity index is 1.41. The maximum atomic E-state index is 13.2. The van der Waals surface area contributed by atoms with Crippen LogP contribution >= 0.6 is 0 Å². The highest BCUT2D eigenvalue weighted by molar-refractivity contribution is 7.89. The van der Waals surface area contributed by atoms with E-state index in [2.05, 4.69) is 5.32 Å².